The summed E-state index contributed by atoms with van der Waals surface area (Å²) in [5, 5.41) is 14.5. The molecule has 0 saturated carbocycles. The van der Waals surface area contributed by atoms with Crippen LogP contribution in [-0.2, 0) is 9.53 Å². The average Bonchev–Trinajstić information content (AvgIpc) is 2.82. The predicted molar refractivity (Wildman–Crippen MR) is 151 cm³/mol. The third-order valence-corrected chi connectivity index (χ3v) is 7.28. The van der Waals surface area contributed by atoms with Crippen molar-refractivity contribution in [2.24, 2.45) is 0 Å². The van der Waals surface area contributed by atoms with Gasteiger partial charge in [0.15, 0.2) is 6.10 Å². The monoisotopic (exact) mass is 522 g/mol. The maximum absolute atomic E-state index is 12.7. The molecule has 0 fully saturated rings. The van der Waals surface area contributed by atoms with Crippen molar-refractivity contribution in [2.45, 2.75) is 60.2 Å². The minimum absolute atomic E-state index is 0.527. The third kappa shape index (κ3) is 5.00. The topological polar surface area (TPSA) is 93.8 Å². The summed E-state index contributed by atoms with van der Waals surface area (Å²) in [4.78, 5) is 12.7. The average molecular weight is 523 g/mol. The number of carboxylic acids is 1. The number of rotatable bonds is 5. The molecule has 0 spiro atoms. The molecule has 3 aromatic carbocycles. The molecule has 1 heterocycles. The molecular formula is C30H35ClN2O4. The van der Waals surface area contributed by atoms with Crippen molar-refractivity contribution in [1.82, 2.24) is 0 Å². The normalized spacial score (nSPS) is 13.9. The van der Waals surface area contributed by atoms with Gasteiger partial charge in [-0.25, -0.2) is 4.79 Å². The molecule has 37 heavy (non-hydrogen) atoms. The lowest BCUT2D eigenvalue weighted by molar-refractivity contribution is -0.160. The summed E-state index contributed by atoms with van der Waals surface area (Å²) in [6, 6.07) is 9.76. The highest BCUT2D eigenvalue weighted by Crippen LogP contribution is 2.48. The van der Waals surface area contributed by atoms with Crippen molar-refractivity contribution in [1.29, 1.82) is 0 Å². The van der Waals surface area contributed by atoms with Crippen molar-refractivity contribution in [2.75, 3.05) is 24.2 Å². The molecular weight excluding hydrogens is 488 g/mol. The summed E-state index contributed by atoms with van der Waals surface area (Å²) in [5.41, 5.74) is 15.1. The Kier molecular flexibility index (Phi) is 7.19. The molecule has 6 nitrogen and oxygen atoms in total. The Balaban J connectivity index is 2.12. The Hall–Kier alpha value is -3.22. The molecule has 7 heteroatoms. The van der Waals surface area contributed by atoms with Crippen LogP contribution < -0.4 is 15.8 Å². The second-order valence-corrected chi connectivity index (χ2v) is 11.0. The molecule has 1 unspecified atom stereocenters. The van der Waals surface area contributed by atoms with E-state index in [0.29, 0.717) is 35.0 Å². The molecule has 4 N–H and O–H groups in total. The van der Waals surface area contributed by atoms with Crippen LogP contribution in [0.5, 0.6) is 5.75 Å². The fourth-order valence-electron chi connectivity index (χ4n) is 5.12. The molecule has 0 aromatic heterocycles. The summed E-state index contributed by atoms with van der Waals surface area (Å²) in [7, 11) is 0. The van der Waals surface area contributed by atoms with E-state index in [2.05, 4.69) is 5.32 Å². The molecule has 1 aliphatic rings. The number of anilines is 2. The van der Waals surface area contributed by atoms with Crippen molar-refractivity contribution in [3.05, 3.63) is 63.2 Å². The van der Waals surface area contributed by atoms with Gasteiger partial charge in [-0.3, -0.25) is 0 Å². The first-order valence-corrected chi connectivity index (χ1v) is 12.8. The van der Waals surface area contributed by atoms with E-state index in [-0.39, 0.29) is 0 Å². The van der Waals surface area contributed by atoms with E-state index in [1.807, 2.05) is 78.8 Å². The van der Waals surface area contributed by atoms with E-state index >= 15 is 0 Å². The first-order valence-electron chi connectivity index (χ1n) is 12.4. The van der Waals surface area contributed by atoms with Gasteiger partial charge in [0.1, 0.15) is 12.4 Å². The smallest absolute Gasteiger partial charge is 0.337 e. The molecule has 1 aliphatic heterocycles. The Bertz CT molecular complexity index is 1390. The molecule has 0 aliphatic carbocycles. The molecule has 4 rings (SSSR count). The molecule has 0 radical (unpaired) electrons. The van der Waals surface area contributed by atoms with Gasteiger partial charge >= 0.3 is 5.97 Å². The summed E-state index contributed by atoms with van der Waals surface area (Å²) in [6.45, 7) is 14.7. The van der Waals surface area contributed by atoms with Crippen molar-refractivity contribution in [3.8, 4) is 28.0 Å². The van der Waals surface area contributed by atoms with Gasteiger partial charge in [-0.15, -0.1) is 0 Å². The van der Waals surface area contributed by atoms with Crippen molar-refractivity contribution >= 4 is 28.9 Å². The van der Waals surface area contributed by atoms with Crippen LogP contribution in [0.2, 0.25) is 5.02 Å². The maximum atomic E-state index is 12.7. The summed E-state index contributed by atoms with van der Waals surface area (Å²) >= 11 is 6.33. The fourth-order valence-corrected chi connectivity index (χ4v) is 5.23. The van der Waals surface area contributed by atoms with E-state index in [0.717, 1.165) is 50.4 Å². The molecule has 196 valence electrons. The van der Waals surface area contributed by atoms with Gasteiger partial charge in [-0.1, -0.05) is 23.7 Å². The second-order valence-electron chi connectivity index (χ2n) is 10.6. The number of aliphatic carboxylic acids is 1. The van der Waals surface area contributed by atoms with Gasteiger partial charge in [-0.05, 0) is 106 Å². The Morgan fingerprint density at radius 2 is 1.78 bits per heavy atom. The number of hydrogen-bond donors (Lipinski definition) is 3. The Labute approximate surface area is 223 Å². The van der Waals surface area contributed by atoms with E-state index < -0.39 is 17.7 Å². The maximum Gasteiger partial charge on any atom is 0.337 e. The van der Waals surface area contributed by atoms with E-state index in [4.69, 9.17) is 26.8 Å². The lowest BCUT2D eigenvalue weighted by Gasteiger charge is -2.31. The number of hydrogen-bond acceptors (Lipinski definition) is 5. The Morgan fingerprint density at radius 1 is 1.08 bits per heavy atom. The number of nitrogens with two attached hydrogens (primary N) is 1. The largest absolute Gasteiger partial charge is 0.490 e. The SMILES string of the molecule is Cc1cc(-c2c(C)c(-c3ccc4c(c3C)NCCO4)c(C(OC(C)(C)C)C(=O)O)c(C)c2N)ccc1Cl. The highest BCUT2D eigenvalue weighted by molar-refractivity contribution is 6.31. The number of aryl methyl sites for hydroxylation is 1. The van der Waals surface area contributed by atoms with E-state index in [9.17, 15) is 9.90 Å². The number of ether oxygens (including phenoxy) is 2. The van der Waals surface area contributed by atoms with Gasteiger partial charge in [0.2, 0.25) is 0 Å². The van der Waals surface area contributed by atoms with Crippen LogP contribution in [0.4, 0.5) is 11.4 Å². The van der Waals surface area contributed by atoms with Gasteiger partial charge in [0, 0.05) is 28.4 Å². The van der Waals surface area contributed by atoms with Gasteiger partial charge in [0.25, 0.3) is 0 Å². The van der Waals surface area contributed by atoms with Crippen LogP contribution in [0, 0.1) is 27.7 Å². The summed E-state index contributed by atoms with van der Waals surface area (Å²) in [5.74, 6) is -0.279. The number of nitrogens with one attached hydrogen (secondary N) is 1. The van der Waals surface area contributed by atoms with Crippen LogP contribution in [0.1, 0.15) is 54.7 Å². The van der Waals surface area contributed by atoms with Crippen molar-refractivity contribution < 1.29 is 19.4 Å². The highest BCUT2D eigenvalue weighted by Gasteiger charge is 2.34. The molecule has 0 bridgehead atoms. The minimum atomic E-state index is -1.21. The number of carboxylic acid groups (broad SMARTS) is 1. The number of fused-ring (bicyclic) bond motifs is 1. The first kappa shape index (κ1) is 26.8. The molecule has 3 aromatic rings. The van der Waals surface area contributed by atoms with Crippen LogP contribution in [0.3, 0.4) is 0 Å². The zero-order valence-corrected chi connectivity index (χ0v) is 23.3. The lowest BCUT2D eigenvalue weighted by atomic mass is 9.81. The second kappa shape index (κ2) is 9.92. The quantitative estimate of drug-likeness (QED) is 0.306. The predicted octanol–water partition coefficient (Wildman–Crippen LogP) is 7.23. The number of halogens is 1. The summed E-state index contributed by atoms with van der Waals surface area (Å²) < 4.78 is 12.0. The van der Waals surface area contributed by atoms with Crippen LogP contribution >= 0.6 is 11.6 Å². The van der Waals surface area contributed by atoms with E-state index in [1.54, 1.807) is 0 Å². The van der Waals surface area contributed by atoms with Crippen molar-refractivity contribution in [3.63, 3.8) is 0 Å². The molecule has 0 amide bonds. The lowest BCUT2D eigenvalue weighted by Crippen LogP contribution is -2.29. The number of carbonyl (C=O) groups is 1. The van der Waals surface area contributed by atoms with Crippen LogP contribution in [-0.4, -0.2) is 29.8 Å². The zero-order chi connectivity index (χ0) is 27.2. The fraction of sp³-hybridized carbons (Fsp3) is 0.367. The van der Waals surface area contributed by atoms with Gasteiger partial charge in [-0.2, -0.15) is 0 Å². The molecule has 0 saturated heterocycles. The van der Waals surface area contributed by atoms with Gasteiger partial charge in [0.05, 0.1) is 11.3 Å². The number of benzene rings is 3. The Morgan fingerprint density at radius 3 is 2.41 bits per heavy atom. The first-order chi connectivity index (χ1) is 17.3. The van der Waals surface area contributed by atoms with Crippen LogP contribution in [0.25, 0.3) is 22.3 Å². The van der Waals surface area contributed by atoms with E-state index in [1.165, 1.54) is 0 Å². The minimum Gasteiger partial charge on any atom is -0.490 e. The van der Waals surface area contributed by atoms with Crippen LogP contribution in [0.15, 0.2) is 30.3 Å². The molecule has 1 atom stereocenters. The summed E-state index contributed by atoms with van der Waals surface area (Å²) in [6.07, 6.45) is -1.21. The van der Waals surface area contributed by atoms with Gasteiger partial charge < -0.3 is 25.6 Å². The zero-order valence-electron chi connectivity index (χ0n) is 22.5. The highest BCUT2D eigenvalue weighted by atomic mass is 35.5. The standard InChI is InChI=1S/C30H35ClN2O4/c1-15-14-19(8-10-21(15)31)23-17(3)24(20-9-11-22-27(16(20)2)33-12-13-36-22)25(18(4)26(23)32)28(29(34)35)37-30(5,6)7/h8-11,14,28,33H,12-13,32H2,1-7H3,(H,34,35). The number of nitrogen functional groups attached to an aromatic ring is 1. The third-order valence-electron chi connectivity index (χ3n) is 6.86.